The minimum absolute atomic E-state index is 0.158. The number of nitrogens with two attached hydrogens (primary N) is 1. The second kappa shape index (κ2) is 6.28. The van der Waals surface area contributed by atoms with Gasteiger partial charge in [-0.05, 0) is 43.7 Å². The molecule has 0 saturated carbocycles. The van der Waals surface area contributed by atoms with Crippen molar-refractivity contribution >= 4 is 0 Å². The molecule has 112 valence electrons. The van der Waals surface area contributed by atoms with Crippen LogP contribution in [0.2, 0.25) is 0 Å². The molecule has 0 spiro atoms. The standard InChI is InChI=1S/C18H29NO/c1-3-4-7-11-17(2,20)18(14-19)12-10-15-8-5-6-9-16(15)13-18/h5-6,8-9,20H,3-4,7,10-14,19H2,1-2H3. The van der Waals surface area contributed by atoms with Crippen LogP contribution in [0.5, 0.6) is 0 Å². The Morgan fingerprint density at radius 1 is 1.25 bits per heavy atom. The summed E-state index contributed by atoms with van der Waals surface area (Å²) in [4.78, 5) is 0. The summed E-state index contributed by atoms with van der Waals surface area (Å²) in [5.41, 5.74) is 8.11. The van der Waals surface area contributed by atoms with Crippen LogP contribution in [-0.2, 0) is 12.8 Å². The van der Waals surface area contributed by atoms with Gasteiger partial charge >= 0.3 is 0 Å². The average molecular weight is 275 g/mol. The molecule has 1 aliphatic carbocycles. The summed E-state index contributed by atoms with van der Waals surface area (Å²) in [7, 11) is 0. The third-order valence-corrected chi connectivity index (χ3v) is 5.32. The van der Waals surface area contributed by atoms with Gasteiger partial charge in [-0.25, -0.2) is 0 Å². The number of hydrogen-bond acceptors (Lipinski definition) is 2. The molecule has 0 saturated heterocycles. The predicted octanol–water partition coefficient (Wildman–Crippen LogP) is 3.45. The maximum atomic E-state index is 11.1. The van der Waals surface area contributed by atoms with Crippen LogP contribution in [0.25, 0.3) is 0 Å². The highest BCUT2D eigenvalue weighted by molar-refractivity contribution is 5.32. The van der Waals surface area contributed by atoms with E-state index in [-0.39, 0.29) is 5.41 Å². The van der Waals surface area contributed by atoms with Gasteiger partial charge in [-0.15, -0.1) is 0 Å². The highest BCUT2D eigenvalue weighted by Crippen LogP contribution is 2.45. The Labute approximate surface area is 123 Å². The summed E-state index contributed by atoms with van der Waals surface area (Å²) in [6.45, 7) is 4.77. The summed E-state index contributed by atoms with van der Waals surface area (Å²) in [6.07, 6.45) is 7.28. The largest absolute Gasteiger partial charge is 0.390 e. The van der Waals surface area contributed by atoms with Crippen molar-refractivity contribution in [3.05, 3.63) is 35.4 Å². The van der Waals surface area contributed by atoms with E-state index < -0.39 is 5.60 Å². The van der Waals surface area contributed by atoms with Crippen molar-refractivity contribution in [2.75, 3.05) is 6.54 Å². The fourth-order valence-electron chi connectivity index (χ4n) is 3.64. The second-order valence-electron chi connectivity index (χ2n) is 6.66. The maximum absolute atomic E-state index is 11.1. The van der Waals surface area contributed by atoms with Gasteiger partial charge in [0.05, 0.1) is 5.60 Å². The van der Waals surface area contributed by atoms with E-state index in [0.29, 0.717) is 6.54 Å². The predicted molar refractivity (Wildman–Crippen MR) is 84.7 cm³/mol. The smallest absolute Gasteiger partial charge is 0.0691 e. The number of fused-ring (bicyclic) bond motifs is 1. The summed E-state index contributed by atoms with van der Waals surface area (Å²) in [5, 5.41) is 11.1. The molecule has 0 bridgehead atoms. The third-order valence-electron chi connectivity index (χ3n) is 5.32. The number of benzene rings is 1. The Hall–Kier alpha value is -0.860. The summed E-state index contributed by atoms with van der Waals surface area (Å²) in [6, 6.07) is 8.60. The Kier molecular flexibility index (Phi) is 4.87. The molecular formula is C18H29NO. The van der Waals surface area contributed by atoms with Crippen molar-refractivity contribution < 1.29 is 5.11 Å². The Morgan fingerprint density at radius 2 is 1.95 bits per heavy atom. The lowest BCUT2D eigenvalue weighted by atomic mass is 9.61. The van der Waals surface area contributed by atoms with E-state index in [4.69, 9.17) is 5.73 Å². The van der Waals surface area contributed by atoms with Gasteiger partial charge in [0.25, 0.3) is 0 Å². The Bertz CT molecular complexity index is 441. The van der Waals surface area contributed by atoms with Gasteiger partial charge in [-0.2, -0.15) is 0 Å². The first-order valence-corrected chi connectivity index (χ1v) is 8.04. The van der Waals surface area contributed by atoms with E-state index in [9.17, 15) is 5.11 Å². The first kappa shape index (κ1) is 15.5. The second-order valence-corrected chi connectivity index (χ2v) is 6.66. The van der Waals surface area contributed by atoms with Crippen LogP contribution in [0, 0.1) is 5.41 Å². The van der Waals surface area contributed by atoms with E-state index in [0.717, 1.165) is 32.1 Å². The zero-order valence-electron chi connectivity index (χ0n) is 13.0. The number of unbranched alkanes of at least 4 members (excludes halogenated alkanes) is 2. The molecule has 0 aromatic heterocycles. The van der Waals surface area contributed by atoms with Crippen LogP contribution in [0.3, 0.4) is 0 Å². The van der Waals surface area contributed by atoms with Crippen molar-refractivity contribution in [2.24, 2.45) is 11.1 Å². The summed E-state index contributed by atoms with van der Waals surface area (Å²) < 4.78 is 0. The van der Waals surface area contributed by atoms with Gasteiger partial charge < -0.3 is 10.8 Å². The monoisotopic (exact) mass is 275 g/mol. The van der Waals surface area contributed by atoms with Gasteiger partial charge in [0.2, 0.25) is 0 Å². The van der Waals surface area contributed by atoms with E-state index in [1.807, 2.05) is 6.92 Å². The third kappa shape index (κ3) is 2.91. The molecule has 3 N–H and O–H groups in total. The molecule has 2 rings (SSSR count). The van der Waals surface area contributed by atoms with Crippen LogP contribution in [0.1, 0.15) is 57.1 Å². The number of aliphatic hydroxyl groups is 1. The van der Waals surface area contributed by atoms with Crippen LogP contribution in [0.4, 0.5) is 0 Å². The van der Waals surface area contributed by atoms with Gasteiger partial charge in [-0.3, -0.25) is 0 Å². The minimum Gasteiger partial charge on any atom is -0.390 e. The van der Waals surface area contributed by atoms with E-state index in [1.54, 1.807) is 0 Å². The zero-order chi connectivity index (χ0) is 14.6. The topological polar surface area (TPSA) is 46.2 Å². The Balaban J connectivity index is 2.18. The van der Waals surface area contributed by atoms with Crippen molar-refractivity contribution in [3.63, 3.8) is 0 Å². The molecule has 2 nitrogen and oxygen atoms in total. The minimum atomic E-state index is -0.662. The van der Waals surface area contributed by atoms with Gasteiger partial charge in [0, 0.05) is 12.0 Å². The molecule has 1 aromatic carbocycles. The molecule has 0 amide bonds. The molecule has 2 atom stereocenters. The highest BCUT2D eigenvalue weighted by Gasteiger charge is 2.47. The van der Waals surface area contributed by atoms with E-state index in [1.165, 1.54) is 24.0 Å². The Morgan fingerprint density at radius 3 is 2.60 bits per heavy atom. The molecular weight excluding hydrogens is 246 g/mol. The first-order chi connectivity index (χ1) is 9.54. The van der Waals surface area contributed by atoms with Crippen LogP contribution >= 0.6 is 0 Å². The quantitative estimate of drug-likeness (QED) is 0.781. The molecule has 0 heterocycles. The van der Waals surface area contributed by atoms with Crippen LogP contribution in [-0.4, -0.2) is 17.3 Å². The molecule has 0 fully saturated rings. The molecule has 2 heteroatoms. The molecule has 0 aliphatic heterocycles. The fraction of sp³-hybridized carbons (Fsp3) is 0.667. The van der Waals surface area contributed by atoms with Crippen molar-refractivity contribution in [1.29, 1.82) is 0 Å². The molecule has 2 unspecified atom stereocenters. The van der Waals surface area contributed by atoms with Gasteiger partial charge in [-0.1, -0.05) is 50.5 Å². The number of aryl methyl sites for hydroxylation is 1. The van der Waals surface area contributed by atoms with E-state index >= 15 is 0 Å². The average Bonchev–Trinajstić information content (AvgIpc) is 2.46. The van der Waals surface area contributed by atoms with Crippen LogP contribution in [0.15, 0.2) is 24.3 Å². The maximum Gasteiger partial charge on any atom is 0.0691 e. The lowest BCUT2D eigenvalue weighted by Gasteiger charge is -2.48. The normalized spacial score (nSPS) is 25.0. The molecule has 20 heavy (non-hydrogen) atoms. The van der Waals surface area contributed by atoms with Gasteiger partial charge in [0.15, 0.2) is 0 Å². The highest BCUT2D eigenvalue weighted by atomic mass is 16.3. The summed E-state index contributed by atoms with van der Waals surface area (Å²) in [5.74, 6) is 0. The first-order valence-electron chi connectivity index (χ1n) is 8.04. The SMILES string of the molecule is CCCCCC(C)(O)C1(CN)CCc2ccccc2C1. The summed E-state index contributed by atoms with van der Waals surface area (Å²) >= 11 is 0. The molecule has 0 radical (unpaired) electrons. The number of hydrogen-bond donors (Lipinski definition) is 2. The van der Waals surface area contributed by atoms with Gasteiger partial charge in [0.1, 0.15) is 0 Å². The molecule has 1 aromatic rings. The number of rotatable bonds is 6. The van der Waals surface area contributed by atoms with Crippen molar-refractivity contribution in [3.8, 4) is 0 Å². The molecule has 1 aliphatic rings. The van der Waals surface area contributed by atoms with Crippen molar-refractivity contribution in [2.45, 2.75) is 64.4 Å². The van der Waals surface area contributed by atoms with Crippen molar-refractivity contribution in [1.82, 2.24) is 0 Å². The lowest BCUT2D eigenvalue weighted by Crippen LogP contribution is -2.53. The van der Waals surface area contributed by atoms with Crippen LogP contribution < -0.4 is 5.73 Å². The van der Waals surface area contributed by atoms with E-state index in [2.05, 4.69) is 31.2 Å². The zero-order valence-corrected chi connectivity index (χ0v) is 13.0. The fourth-order valence-corrected chi connectivity index (χ4v) is 3.64. The lowest BCUT2D eigenvalue weighted by molar-refractivity contribution is -0.0813.